The second kappa shape index (κ2) is 4.52. The van der Waals surface area contributed by atoms with Gasteiger partial charge in [-0.05, 0) is 43.2 Å². The van der Waals surface area contributed by atoms with E-state index in [0.29, 0.717) is 5.57 Å². The Morgan fingerprint density at radius 2 is 2.13 bits per heavy atom. The van der Waals surface area contributed by atoms with Gasteiger partial charge in [-0.1, -0.05) is 0 Å². The predicted molar refractivity (Wildman–Crippen MR) is 58.6 cm³/mol. The van der Waals surface area contributed by atoms with E-state index in [0.717, 1.165) is 16.9 Å². The summed E-state index contributed by atoms with van der Waals surface area (Å²) in [6, 6.07) is 7.35. The highest BCUT2D eigenvalue weighted by atomic mass is 16.5. The summed E-state index contributed by atoms with van der Waals surface area (Å²) < 4.78 is 5.06. The summed E-state index contributed by atoms with van der Waals surface area (Å²) in [5, 5.41) is 18.2. The molecule has 1 N–H and O–H groups in total. The van der Waals surface area contributed by atoms with Gasteiger partial charge in [-0.25, -0.2) is 0 Å². The van der Waals surface area contributed by atoms with Gasteiger partial charge in [0.2, 0.25) is 0 Å². The van der Waals surface area contributed by atoms with Gasteiger partial charge >= 0.3 is 0 Å². The molecule has 1 rings (SSSR count). The Balaban J connectivity index is 3.29. The molecule has 0 spiro atoms. The first kappa shape index (κ1) is 11.1. The van der Waals surface area contributed by atoms with Crippen molar-refractivity contribution in [1.82, 2.24) is 0 Å². The molecular formula is C12H13NO2. The molecule has 0 heterocycles. The second-order valence-electron chi connectivity index (χ2n) is 3.25. The molecule has 0 atom stereocenters. The smallest absolute Gasteiger partial charge is 0.119 e. The number of aryl methyl sites for hydroxylation is 1. The van der Waals surface area contributed by atoms with Gasteiger partial charge in [0, 0.05) is 0 Å². The largest absolute Gasteiger partial charge is 0.511 e. The van der Waals surface area contributed by atoms with Crippen LogP contribution < -0.4 is 4.74 Å². The normalized spacial score (nSPS) is 11.6. The van der Waals surface area contributed by atoms with Crippen LogP contribution in [0.4, 0.5) is 0 Å². The van der Waals surface area contributed by atoms with Crippen LogP contribution in [0.3, 0.4) is 0 Å². The number of nitrogens with zero attached hydrogens (tertiary/aromatic N) is 1. The van der Waals surface area contributed by atoms with E-state index in [9.17, 15) is 5.11 Å². The highest BCUT2D eigenvalue weighted by molar-refractivity contribution is 5.79. The highest BCUT2D eigenvalue weighted by Crippen LogP contribution is 2.24. The molecule has 1 aromatic carbocycles. The lowest BCUT2D eigenvalue weighted by Gasteiger charge is -2.07. The molecule has 0 aliphatic heterocycles. The van der Waals surface area contributed by atoms with E-state index in [4.69, 9.17) is 10.00 Å². The zero-order valence-electron chi connectivity index (χ0n) is 9.03. The summed E-state index contributed by atoms with van der Waals surface area (Å²) >= 11 is 0. The van der Waals surface area contributed by atoms with Crippen LogP contribution in [-0.4, -0.2) is 12.2 Å². The number of allylic oxidation sites excluding steroid dienone is 2. The Morgan fingerprint density at radius 1 is 1.47 bits per heavy atom. The van der Waals surface area contributed by atoms with Gasteiger partial charge in [-0.15, -0.1) is 0 Å². The lowest BCUT2D eigenvalue weighted by Crippen LogP contribution is -1.92. The van der Waals surface area contributed by atoms with Crippen molar-refractivity contribution in [3.63, 3.8) is 0 Å². The number of benzene rings is 1. The molecule has 0 unspecified atom stereocenters. The first-order chi connectivity index (χ1) is 7.10. The minimum absolute atomic E-state index is 0.0331. The third-order valence-electron chi connectivity index (χ3n) is 2.18. The summed E-state index contributed by atoms with van der Waals surface area (Å²) in [5.74, 6) is 0.773. The van der Waals surface area contributed by atoms with Crippen LogP contribution in [0.2, 0.25) is 0 Å². The molecule has 15 heavy (non-hydrogen) atoms. The molecule has 3 heteroatoms. The number of methoxy groups -OCH3 is 1. The van der Waals surface area contributed by atoms with Crippen LogP contribution in [0.15, 0.2) is 24.0 Å². The molecule has 0 fully saturated rings. The Hall–Kier alpha value is -1.95. The maximum atomic E-state index is 9.34. The van der Waals surface area contributed by atoms with E-state index < -0.39 is 0 Å². The van der Waals surface area contributed by atoms with E-state index in [1.165, 1.54) is 6.92 Å². The summed E-state index contributed by atoms with van der Waals surface area (Å²) in [7, 11) is 1.59. The van der Waals surface area contributed by atoms with Gasteiger partial charge in [-0.2, -0.15) is 5.26 Å². The average Bonchev–Trinajstić information content (AvgIpc) is 2.20. The summed E-state index contributed by atoms with van der Waals surface area (Å²) in [4.78, 5) is 0. The molecule has 0 saturated heterocycles. The van der Waals surface area contributed by atoms with Crippen molar-refractivity contribution in [2.45, 2.75) is 13.8 Å². The topological polar surface area (TPSA) is 53.2 Å². The summed E-state index contributed by atoms with van der Waals surface area (Å²) in [6.07, 6.45) is 0. The summed E-state index contributed by atoms with van der Waals surface area (Å²) in [6.45, 7) is 3.38. The highest BCUT2D eigenvalue weighted by Gasteiger charge is 2.08. The fourth-order valence-electron chi connectivity index (χ4n) is 1.38. The zero-order valence-corrected chi connectivity index (χ0v) is 9.03. The number of hydrogen-bond acceptors (Lipinski definition) is 3. The number of nitriles is 1. The van der Waals surface area contributed by atoms with E-state index in [-0.39, 0.29) is 5.76 Å². The van der Waals surface area contributed by atoms with Crippen LogP contribution in [-0.2, 0) is 0 Å². The molecule has 0 aromatic heterocycles. The SMILES string of the molecule is COc1ccc(/C(C#N)=C(\C)O)c(C)c1. The minimum atomic E-state index is 0.0331. The maximum Gasteiger partial charge on any atom is 0.119 e. The van der Waals surface area contributed by atoms with Crippen molar-refractivity contribution in [3.05, 3.63) is 35.1 Å². The third-order valence-corrected chi connectivity index (χ3v) is 2.18. The molecule has 0 aliphatic carbocycles. The van der Waals surface area contributed by atoms with Crippen molar-refractivity contribution >= 4 is 5.57 Å². The third kappa shape index (κ3) is 2.29. The van der Waals surface area contributed by atoms with Gasteiger partial charge < -0.3 is 9.84 Å². The summed E-state index contributed by atoms with van der Waals surface area (Å²) in [5.41, 5.74) is 1.94. The molecule has 0 amide bonds. The number of ether oxygens (including phenoxy) is 1. The van der Waals surface area contributed by atoms with Gasteiger partial charge in [0.05, 0.1) is 12.7 Å². The predicted octanol–water partition coefficient (Wildman–Crippen LogP) is 2.82. The molecule has 0 saturated carbocycles. The fourth-order valence-corrected chi connectivity index (χ4v) is 1.38. The lowest BCUT2D eigenvalue weighted by atomic mass is 10.0. The molecule has 1 aromatic rings. The quantitative estimate of drug-likeness (QED) is 0.594. The first-order valence-corrected chi connectivity index (χ1v) is 4.55. The van der Waals surface area contributed by atoms with Crippen LogP contribution in [0, 0.1) is 18.3 Å². The van der Waals surface area contributed by atoms with Gasteiger partial charge in [0.15, 0.2) is 0 Å². The molecule has 0 aliphatic rings. The number of rotatable bonds is 2. The van der Waals surface area contributed by atoms with Crippen molar-refractivity contribution in [2.75, 3.05) is 7.11 Å². The van der Waals surface area contributed by atoms with Crippen LogP contribution in [0.25, 0.3) is 5.57 Å². The van der Waals surface area contributed by atoms with E-state index >= 15 is 0 Å². The second-order valence-corrected chi connectivity index (χ2v) is 3.25. The van der Waals surface area contributed by atoms with Crippen molar-refractivity contribution in [1.29, 1.82) is 5.26 Å². The monoisotopic (exact) mass is 203 g/mol. The van der Waals surface area contributed by atoms with Crippen LogP contribution in [0.5, 0.6) is 5.75 Å². The van der Waals surface area contributed by atoms with Gasteiger partial charge in [0.1, 0.15) is 17.6 Å². The Bertz CT molecular complexity index is 437. The molecule has 3 nitrogen and oxygen atoms in total. The van der Waals surface area contributed by atoms with Gasteiger partial charge in [-0.3, -0.25) is 0 Å². The maximum absolute atomic E-state index is 9.34. The van der Waals surface area contributed by atoms with Crippen molar-refractivity contribution in [2.24, 2.45) is 0 Å². The lowest BCUT2D eigenvalue weighted by molar-refractivity contribution is 0.414. The molecule has 78 valence electrons. The van der Waals surface area contributed by atoms with E-state index in [1.807, 2.05) is 19.1 Å². The first-order valence-electron chi connectivity index (χ1n) is 4.55. The molecule has 0 radical (unpaired) electrons. The molecule has 0 bridgehead atoms. The van der Waals surface area contributed by atoms with Crippen molar-refractivity contribution in [3.8, 4) is 11.8 Å². The van der Waals surface area contributed by atoms with Gasteiger partial charge in [0.25, 0.3) is 0 Å². The Labute approximate surface area is 89.2 Å². The van der Waals surface area contributed by atoms with Crippen molar-refractivity contribution < 1.29 is 9.84 Å². The zero-order chi connectivity index (χ0) is 11.4. The van der Waals surface area contributed by atoms with E-state index in [1.54, 1.807) is 19.2 Å². The van der Waals surface area contributed by atoms with Crippen LogP contribution in [0.1, 0.15) is 18.1 Å². The molecular weight excluding hydrogens is 190 g/mol. The Morgan fingerprint density at radius 3 is 2.53 bits per heavy atom. The number of aliphatic hydroxyl groups excluding tert-OH is 1. The Kier molecular flexibility index (Phi) is 3.35. The average molecular weight is 203 g/mol. The number of aliphatic hydroxyl groups is 1. The fraction of sp³-hybridized carbons (Fsp3) is 0.250. The minimum Gasteiger partial charge on any atom is -0.511 e. The standard InChI is InChI=1S/C12H13NO2/c1-8-6-10(15-3)4-5-11(8)12(7-13)9(2)14/h4-6,14H,1-3H3/b12-9+. The number of hydrogen-bond donors (Lipinski definition) is 1. The van der Waals surface area contributed by atoms with E-state index in [2.05, 4.69) is 0 Å². The van der Waals surface area contributed by atoms with Crippen LogP contribution >= 0.6 is 0 Å².